The standard InChI is InChI=1S/C20H21N3O/c1-2-19-21-17-9-5-6-10-18(17)23(19)13-20(24)22-16-12-11-14-7-3-4-8-15(14)16/h3-10,16H,2,11-13H2,1H3,(H,22,24)/t16-/m1/s1. The Morgan fingerprint density at radius 2 is 2.00 bits per heavy atom. The van der Waals surface area contributed by atoms with Gasteiger partial charge in [0, 0.05) is 6.42 Å². The topological polar surface area (TPSA) is 46.9 Å². The molecule has 0 bridgehead atoms. The largest absolute Gasteiger partial charge is 0.348 e. The monoisotopic (exact) mass is 319 g/mol. The molecule has 4 heteroatoms. The molecule has 1 aromatic heterocycles. The van der Waals surface area contributed by atoms with E-state index in [1.54, 1.807) is 0 Å². The summed E-state index contributed by atoms with van der Waals surface area (Å²) >= 11 is 0. The number of hydrogen-bond donors (Lipinski definition) is 1. The van der Waals surface area contributed by atoms with Gasteiger partial charge in [0.2, 0.25) is 5.91 Å². The van der Waals surface area contributed by atoms with E-state index in [4.69, 9.17) is 0 Å². The maximum atomic E-state index is 12.6. The first-order chi connectivity index (χ1) is 11.8. The molecule has 4 rings (SSSR count). The fraction of sp³-hybridized carbons (Fsp3) is 0.300. The number of aromatic nitrogens is 2. The SMILES string of the molecule is CCc1nc2ccccc2n1CC(=O)N[C@@H]1CCc2ccccc21. The highest BCUT2D eigenvalue weighted by molar-refractivity contribution is 5.81. The third-order valence-corrected chi connectivity index (χ3v) is 4.82. The van der Waals surface area contributed by atoms with Crippen molar-refractivity contribution in [2.24, 2.45) is 0 Å². The number of rotatable bonds is 4. The van der Waals surface area contributed by atoms with Crippen LogP contribution in [0.3, 0.4) is 0 Å². The van der Waals surface area contributed by atoms with Crippen molar-refractivity contribution in [1.82, 2.24) is 14.9 Å². The molecule has 0 fully saturated rings. The molecular formula is C20H21N3O. The lowest BCUT2D eigenvalue weighted by molar-refractivity contribution is -0.122. The van der Waals surface area contributed by atoms with Gasteiger partial charge in [0.05, 0.1) is 17.1 Å². The molecular weight excluding hydrogens is 298 g/mol. The number of amides is 1. The number of para-hydroxylation sites is 2. The Hall–Kier alpha value is -2.62. The molecule has 1 N–H and O–H groups in total. The molecule has 4 nitrogen and oxygen atoms in total. The van der Waals surface area contributed by atoms with Crippen molar-refractivity contribution in [3.63, 3.8) is 0 Å². The molecule has 1 heterocycles. The molecule has 0 unspecified atom stereocenters. The van der Waals surface area contributed by atoms with Gasteiger partial charge in [-0.3, -0.25) is 4.79 Å². The highest BCUT2D eigenvalue weighted by Gasteiger charge is 2.23. The quantitative estimate of drug-likeness (QED) is 0.801. The van der Waals surface area contributed by atoms with Crippen LogP contribution in [0.25, 0.3) is 11.0 Å². The Bertz CT molecular complexity index is 897. The van der Waals surface area contributed by atoms with E-state index in [-0.39, 0.29) is 11.9 Å². The lowest BCUT2D eigenvalue weighted by atomic mass is 10.1. The minimum atomic E-state index is 0.0505. The van der Waals surface area contributed by atoms with Gasteiger partial charge >= 0.3 is 0 Å². The molecule has 0 saturated heterocycles. The van der Waals surface area contributed by atoms with Gasteiger partial charge in [0.15, 0.2) is 0 Å². The van der Waals surface area contributed by atoms with Crippen LogP contribution in [0.5, 0.6) is 0 Å². The number of nitrogens with zero attached hydrogens (tertiary/aromatic N) is 2. The Morgan fingerprint density at radius 3 is 2.88 bits per heavy atom. The zero-order chi connectivity index (χ0) is 16.5. The predicted molar refractivity (Wildman–Crippen MR) is 94.8 cm³/mol. The van der Waals surface area contributed by atoms with Gasteiger partial charge in [-0.05, 0) is 36.1 Å². The van der Waals surface area contributed by atoms with Crippen LogP contribution in [-0.2, 0) is 24.2 Å². The normalized spacial score (nSPS) is 16.3. The Labute approximate surface area is 141 Å². The van der Waals surface area contributed by atoms with E-state index in [0.29, 0.717) is 6.54 Å². The molecule has 0 spiro atoms. The second-order valence-electron chi connectivity index (χ2n) is 6.31. The van der Waals surface area contributed by atoms with Crippen LogP contribution in [0.1, 0.15) is 36.3 Å². The first-order valence-electron chi connectivity index (χ1n) is 8.57. The molecule has 1 amide bonds. The summed E-state index contributed by atoms with van der Waals surface area (Å²) in [5.74, 6) is 1.01. The highest BCUT2D eigenvalue weighted by Crippen LogP contribution is 2.30. The van der Waals surface area contributed by atoms with Crippen molar-refractivity contribution in [3.8, 4) is 0 Å². The zero-order valence-electron chi connectivity index (χ0n) is 13.8. The van der Waals surface area contributed by atoms with E-state index < -0.39 is 0 Å². The Balaban J connectivity index is 1.55. The van der Waals surface area contributed by atoms with Crippen LogP contribution >= 0.6 is 0 Å². The van der Waals surface area contributed by atoms with Gasteiger partial charge in [-0.1, -0.05) is 43.3 Å². The molecule has 0 radical (unpaired) electrons. The molecule has 1 aliphatic rings. The van der Waals surface area contributed by atoms with E-state index in [1.807, 2.05) is 34.9 Å². The van der Waals surface area contributed by atoms with Crippen LogP contribution in [0.15, 0.2) is 48.5 Å². The second-order valence-corrected chi connectivity index (χ2v) is 6.31. The third-order valence-electron chi connectivity index (χ3n) is 4.82. The van der Waals surface area contributed by atoms with E-state index in [1.165, 1.54) is 11.1 Å². The van der Waals surface area contributed by atoms with Gasteiger partial charge in [-0.15, -0.1) is 0 Å². The zero-order valence-corrected chi connectivity index (χ0v) is 13.8. The summed E-state index contributed by atoms with van der Waals surface area (Å²) in [5.41, 5.74) is 4.59. The fourth-order valence-corrected chi connectivity index (χ4v) is 3.66. The number of benzene rings is 2. The van der Waals surface area contributed by atoms with Crippen LogP contribution in [-0.4, -0.2) is 15.5 Å². The molecule has 1 atom stereocenters. The summed E-state index contributed by atoms with van der Waals surface area (Å²) < 4.78 is 2.03. The number of imidazole rings is 1. The summed E-state index contributed by atoms with van der Waals surface area (Å²) in [6.07, 6.45) is 2.83. The average molecular weight is 319 g/mol. The summed E-state index contributed by atoms with van der Waals surface area (Å²) in [7, 11) is 0. The minimum Gasteiger partial charge on any atom is -0.348 e. The van der Waals surface area contributed by atoms with Gasteiger partial charge in [-0.2, -0.15) is 0 Å². The fourth-order valence-electron chi connectivity index (χ4n) is 3.66. The van der Waals surface area contributed by atoms with Crippen LogP contribution in [0.2, 0.25) is 0 Å². The van der Waals surface area contributed by atoms with Gasteiger partial charge in [0.1, 0.15) is 12.4 Å². The molecule has 1 aliphatic carbocycles. The number of fused-ring (bicyclic) bond motifs is 2. The first-order valence-corrected chi connectivity index (χ1v) is 8.57. The smallest absolute Gasteiger partial charge is 0.240 e. The van der Waals surface area contributed by atoms with Crippen molar-refractivity contribution in [2.75, 3.05) is 0 Å². The maximum absolute atomic E-state index is 12.6. The molecule has 2 aromatic carbocycles. The lowest BCUT2D eigenvalue weighted by Gasteiger charge is -2.15. The predicted octanol–water partition coefficient (Wildman–Crippen LogP) is 3.40. The highest BCUT2D eigenvalue weighted by atomic mass is 16.2. The number of nitrogens with one attached hydrogen (secondary N) is 1. The van der Waals surface area contributed by atoms with Crippen LogP contribution < -0.4 is 5.32 Å². The van der Waals surface area contributed by atoms with Crippen LogP contribution in [0.4, 0.5) is 0 Å². The van der Waals surface area contributed by atoms with Crippen molar-refractivity contribution >= 4 is 16.9 Å². The number of carbonyl (C=O) groups excluding carboxylic acids is 1. The number of carbonyl (C=O) groups is 1. The molecule has 0 aliphatic heterocycles. The average Bonchev–Trinajstić information content (AvgIpc) is 3.17. The first kappa shape index (κ1) is 14.9. The summed E-state index contributed by atoms with van der Waals surface area (Å²) in [5, 5.41) is 3.20. The van der Waals surface area contributed by atoms with E-state index in [0.717, 1.165) is 36.1 Å². The number of hydrogen-bond acceptors (Lipinski definition) is 2. The molecule has 24 heavy (non-hydrogen) atoms. The Kier molecular flexibility index (Phi) is 3.81. The summed E-state index contributed by atoms with van der Waals surface area (Å²) in [6, 6.07) is 16.5. The molecule has 3 aromatic rings. The van der Waals surface area contributed by atoms with Crippen molar-refractivity contribution in [1.29, 1.82) is 0 Å². The summed E-state index contributed by atoms with van der Waals surface area (Å²) in [6.45, 7) is 2.39. The van der Waals surface area contributed by atoms with E-state index >= 15 is 0 Å². The number of aryl methyl sites for hydroxylation is 2. The van der Waals surface area contributed by atoms with Crippen molar-refractivity contribution in [3.05, 3.63) is 65.5 Å². The Morgan fingerprint density at radius 1 is 1.21 bits per heavy atom. The molecule has 0 saturated carbocycles. The summed E-state index contributed by atoms with van der Waals surface area (Å²) in [4.78, 5) is 17.3. The maximum Gasteiger partial charge on any atom is 0.240 e. The van der Waals surface area contributed by atoms with Crippen molar-refractivity contribution in [2.45, 2.75) is 38.8 Å². The second kappa shape index (κ2) is 6.11. The van der Waals surface area contributed by atoms with E-state index in [9.17, 15) is 4.79 Å². The van der Waals surface area contributed by atoms with Crippen molar-refractivity contribution < 1.29 is 4.79 Å². The third kappa shape index (κ3) is 2.58. The van der Waals surface area contributed by atoms with Gasteiger partial charge in [-0.25, -0.2) is 4.98 Å². The van der Waals surface area contributed by atoms with Gasteiger partial charge in [0.25, 0.3) is 0 Å². The molecule has 122 valence electrons. The van der Waals surface area contributed by atoms with E-state index in [2.05, 4.69) is 35.4 Å². The van der Waals surface area contributed by atoms with Gasteiger partial charge < -0.3 is 9.88 Å². The van der Waals surface area contributed by atoms with Crippen LogP contribution in [0, 0.1) is 0 Å². The minimum absolute atomic E-state index is 0.0505. The lowest BCUT2D eigenvalue weighted by Crippen LogP contribution is -2.31.